The van der Waals surface area contributed by atoms with Gasteiger partial charge < -0.3 is 10.2 Å². The summed E-state index contributed by atoms with van der Waals surface area (Å²) in [5.74, 6) is 1.99. The molecule has 0 aromatic rings. The van der Waals surface area contributed by atoms with Crippen LogP contribution in [0.15, 0.2) is 0 Å². The highest BCUT2D eigenvalue weighted by atomic mass is 15.2. The minimum Gasteiger partial charge on any atom is -0.317 e. The normalized spacial score (nSPS) is 29.8. The molecule has 0 bridgehead atoms. The molecule has 0 radical (unpaired) electrons. The Labute approximate surface area is 120 Å². The van der Waals surface area contributed by atoms with E-state index in [0.717, 1.165) is 17.9 Å². The molecule has 2 aliphatic rings. The van der Waals surface area contributed by atoms with Crippen LogP contribution in [0.5, 0.6) is 0 Å². The van der Waals surface area contributed by atoms with Gasteiger partial charge in [-0.25, -0.2) is 0 Å². The first kappa shape index (κ1) is 15.3. The summed E-state index contributed by atoms with van der Waals surface area (Å²) in [6.07, 6.45) is 11.5. The van der Waals surface area contributed by atoms with Crippen LogP contribution >= 0.6 is 0 Å². The summed E-state index contributed by atoms with van der Waals surface area (Å²) in [6, 6.07) is 0.896. The van der Waals surface area contributed by atoms with Crippen molar-refractivity contribution in [2.45, 2.75) is 71.3 Å². The van der Waals surface area contributed by atoms with Crippen molar-refractivity contribution in [2.75, 3.05) is 26.2 Å². The van der Waals surface area contributed by atoms with Gasteiger partial charge in [0.1, 0.15) is 0 Å². The van der Waals surface area contributed by atoms with Crippen molar-refractivity contribution in [3.8, 4) is 0 Å². The number of nitrogens with one attached hydrogen (secondary N) is 1. The van der Waals surface area contributed by atoms with Gasteiger partial charge in [0.05, 0.1) is 0 Å². The minimum absolute atomic E-state index is 0.896. The molecule has 19 heavy (non-hydrogen) atoms. The van der Waals surface area contributed by atoms with Crippen molar-refractivity contribution in [3.63, 3.8) is 0 Å². The number of hydrogen-bond donors (Lipinski definition) is 1. The maximum absolute atomic E-state index is 3.49. The molecular weight excluding hydrogens is 232 g/mol. The van der Waals surface area contributed by atoms with Crippen molar-refractivity contribution in [3.05, 3.63) is 0 Å². The van der Waals surface area contributed by atoms with Gasteiger partial charge >= 0.3 is 0 Å². The first-order valence-corrected chi connectivity index (χ1v) is 8.78. The number of hydrogen-bond acceptors (Lipinski definition) is 2. The summed E-state index contributed by atoms with van der Waals surface area (Å²) in [6.45, 7) is 9.80. The second-order valence-electron chi connectivity index (χ2n) is 6.74. The molecule has 2 heteroatoms. The van der Waals surface area contributed by atoms with E-state index in [1.54, 1.807) is 0 Å². The van der Waals surface area contributed by atoms with Crippen LogP contribution in [0.4, 0.5) is 0 Å². The lowest BCUT2D eigenvalue weighted by atomic mass is 9.82. The third kappa shape index (κ3) is 4.75. The fraction of sp³-hybridized carbons (Fsp3) is 1.00. The van der Waals surface area contributed by atoms with Crippen molar-refractivity contribution in [1.29, 1.82) is 0 Å². The van der Waals surface area contributed by atoms with E-state index in [0.29, 0.717) is 0 Å². The van der Waals surface area contributed by atoms with Crippen LogP contribution in [0.2, 0.25) is 0 Å². The van der Waals surface area contributed by atoms with Gasteiger partial charge in [-0.2, -0.15) is 0 Å². The van der Waals surface area contributed by atoms with E-state index in [4.69, 9.17) is 0 Å². The highest BCUT2D eigenvalue weighted by Crippen LogP contribution is 2.31. The predicted octanol–water partition coefficient (Wildman–Crippen LogP) is 3.67. The van der Waals surface area contributed by atoms with E-state index in [1.807, 2.05) is 0 Å². The molecule has 0 amide bonds. The molecule has 2 rings (SSSR count). The van der Waals surface area contributed by atoms with Crippen LogP contribution in [0, 0.1) is 11.8 Å². The lowest BCUT2D eigenvalue weighted by Gasteiger charge is -2.39. The van der Waals surface area contributed by atoms with Crippen molar-refractivity contribution >= 4 is 0 Å². The largest absolute Gasteiger partial charge is 0.317 e. The highest BCUT2D eigenvalue weighted by molar-refractivity contribution is 4.81. The van der Waals surface area contributed by atoms with Gasteiger partial charge in [0.2, 0.25) is 0 Å². The molecule has 2 fully saturated rings. The molecular formula is C17H34N2. The Morgan fingerprint density at radius 2 is 1.58 bits per heavy atom. The third-order valence-corrected chi connectivity index (χ3v) is 5.39. The van der Waals surface area contributed by atoms with Crippen molar-refractivity contribution in [1.82, 2.24) is 10.2 Å². The summed E-state index contributed by atoms with van der Waals surface area (Å²) >= 11 is 0. The number of rotatable bonds is 6. The predicted molar refractivity (Wildman–Crippen MR) is 83.5 cm³/mol. The van der Waals surface area contributed by atoms with Gasteiger partial charge in [-0.1, -0.05) is 26.7 Å². The molecule has 1 aliphatic carbocycles. The molecule has 1 aliphatic heterocycles. The van der Waals surface area contributed by atoms with E-state index in [1.165, 1.54) is 77.5 Å². The van der Waals surface area contributed by atoms with Gasteiger partial charge in [-0.05, 0) is 70.0 Å². The lowest BCUT2D eigenvalue weighted by molar-refractivity contribution is 0.112. The standard InChI is InChI=1S/C17H34N2/c1-3-5-15-6-8-17(9-7-15)19(4-2)14-16-10-12-18-13-11-16/h15-18H,3-14H2,1-2H3. The molecule has 1 saturated heterocycles. The topological polar surface area (TPSA) is 15.3 Å². The number of nitrogens with zero attached hydrogens (tertiary/aromatic N) is 1. The lowest BCUT2D eigenvalue weighted by Crippen LogP contribution is -2.43. The summed E-state index contributed by atoms with van der Waals surface area (Å²) in [7, 11) is 0. The SMILES string of the molecule is CCCC1CCC(N(CC)CC2CCNCC2)CC1. The minimum atomic E-state index is 0.896. The second kappa shape index (κ2) is 8.26. The van der Waals surface area contributed by atoms with Gasteiger partial charge in [0, 0.05) is 12.6 Å². The van der Waals surface area contributed by atoms with E-state index < -0.39 is 0 Å². The molecule has 2 nitrogen and oxygen atoms in total. The highest BCUT2D eigenvalue weighted by Gasteiger charge is 2.26. The van der Waals surface area contributed by atoms with Crippen molar-refractivity contribution in [2.24, 2.45) is 11.8 Å². The summed E-state index contributed by atoms with van der Waals surface area (Å²) in [5.41, 5.74) is 0. The van der Waals surface area contributed by atoms with Gasteiger partial charge in [0.25, 0.3) is 0 Å². The van der Waals surface area contributed by atoms with Gasteiger partial charge in [0.15, 0.2) is 0 Å². The molecule has 0 aromatic heterocycles. The molecule has 1 heterocycles. The average molecular weight is 266 g/mol. The van der Waals surface area contributed by atoms with Gasteiger partial charge in [-0.3, -0.25) is 0 Å². The van der Waals surface area contributed by atoms with E-state index in [-0.39, 0.29) is 0 Å². The quantitative estimate of drug-likeness (QED) is 0.789. The molecule has 0 unspecified atom stereocenters. The molecule has 1 saturated carbocycles. The Kier molecular flexibility index (Phi) is 6.66. The Balaban J connectivity index is 1.75. The maximum atomic E-state index is 3.49. The van der Waals surface area contributed by atoms with E-state index >= 15 is 0 Å². The van der Waals surface area contributed by atoms with E-state index in [2.05, 4.69) is 24.1 Å². The second-order valence-corrected chi connectivity index (χ2v) is 6.74. The zero-order valence-corrected chi connectivity index (χ0v) is 13.2. The van der Waals surface area contributed by atoms with Crippen LogP contribution in [-0.4, -0.2) is 37.1 Å². The molecule has 0 spiro atoms. The maximum Gasteiger partial charge on any atom is 0.00954 e. The van der Waals surface area contributed by atoms with Crippen LogP contribution in [0.25, 0.3) is 0 Å². The molecule has 0 aromatic carbocycles. The van der Waals surface area contributed by atoms with Crippen LogP contribution in [-0.2, 0) is 0 Å². The summed E-state index contributed by atoms with van der Waals surface area (Å²) < 4.78 is 0. The monoisotopic (exact) mass is 266 g/mol. The van der Waals surface area contributed by atoms with Gasteiger partial charge in [-0.15, -0.1) is 0 Å². The third-order valence-electron chi connectivity index (χ3n) is 5.39. The first-order chi connectivity index (χ1) is 9.33. The zero-order chi connectivity index (χ0) is 13.5. The van der Waals surface area contributed by atoms with Crippen molar-refractivity contribution < 1.29 is 0 Å². The Morgan fingerprint density at radius 3 is 2.16 bits per heavy atom. The molecule has 0 atom stereocenters. The Morgan fingerprint density at radius 1 is 0.895 bits per heavy atom. The molecule has 1 N–H and O–H groups in total. The van der Waals surface area contributed by atoms with Crippen LogP contribution in [0.3, 0.4) is 0 Å². The fourth-order valence-corrected chi connectivity index (χ4v) is 4.14. The number of piperidine rings is 1. The summed E-state index contributed by atoms with van der Waals surface area (Å²) in [5, 5.41) is 3.49. The smallest absolute Gasteiger partial charge is 0.00954 e. The Hall–Kier alpha value is -0.0800. The zero-order valence-electron chi connectivity index (χ0n) is 13.2. The van der Waals surface area contributed by atoms with E-state index in [9.17, 15) is 0 Å². The summed E-state index contributed by atoms with van der Waals surface area (Å²) in [4.78, 5) is 2.80. The molecule has 112 valence electrons. The Bertz CT molecular complexity index is 227. The first-order valence-electron chi connectivity index (χ1n) is 8.78. The fourth-order valence-electron chi connectivity index (χ4n) is 4.14. The van der Waals surface area contributed by atoms with Crippen LogP contribution < -0.4 is 5.32 Å². The average Bonchev–Trinajstić information content (AvgIpc) is 2.47. The van der Waals surface area contributed by atoms with Crippen LogP contribution in [0.1, 0.15) is 65.2 Å².